The molecule has 2 aromatic carbocycles. The molecule has 0 aliphatic rings. The SMILES string of the molecule is CCc1nc2c(Br)cc(C)cn2c1C(=O)N(Cc1ccccc1)c1ccccc1. The molecule has 0 atom stereocenters. The minimum atomic E-state index is -0.0538. The Hall–Kier alpha value is -2.92. The monoisotopic (exact) mass is 447 g/mol. The fourth-order valence-corrected chi connectivity index (χ4v) is 4.17. The normalized spacial score (nSPS) is 11.0. The summed E-state index contributed by atoms with van der Waals surface area (Å²) in [5.41, 5.74) is 5.19. The van der Waals surface area contributed by atoms with E-state index in [9.17, 15) is 4.79 Å². The summed E-state index contributed by atoms with van der Waals surface area (Å²) in [6.45, 7) is 4.54. The van der Waals surface area contributed by atoms with E-state index >= 15 is 0 Å². The second-order valence-electron chi connectivity index (χ2n) is 7.03. The molecule has 146 valence electrons. The van der Waals surface area contributed by atoms with Crippen LogP contribution in [-0.2, 0) is 13.0 Å². The Morgan fingerprint density at radius 2 is 1.72 bits per heavy atom. The van der Waals surface area contributed by atoms with Crippen LogP contribution in [0.4, 0.5) is 5.69 Å². The van der Waals surface area contributed by atoms with Crippen molar-refractivity contribution in [3.8, 4) is 0 Å². The fourth-order valence-electron chi connectivity index (χ4n) is 3.53. The topological polar surface area (TPSA) is 37.6 Å². The van der Waals surface area contributed by atoms with E-state index in [0.717, 1.165) is 32.6 Å². The minimum Gasteiger partial charge on any atom is -0.303 e. The summed E-state index contributed by atoms with van der Waals surface area (Å²) in [7, 11) is 0. The lowest BCUT2D eigenvalue weighted by Crippen LogP contribution is -2.32. The van der Waals surface area contributed by atoms with Gasteiger partial charge in [0.05, 0.1) is 16.7 Å². The third kappa shape index (κ3) is 3.83. The van der Waals surface area contributed by atoms with Crippen molar-refractivity contribution in [1.82, 2.24) is 9.38 Å². The lowest BCUT2D eigenvalue weighted by molar-refractivity contribution is 0.0978. The number of aryl methyl sites for hydroxylation is 2. The molecular weight excluding hydrogens is 426 g/mol. The van der Waals surface area contributed by atoms with Crippen LogP contribution >= 0.6 is 15.9 Å². The molecule has 2 heterocycles. The average molecular weight is 448 g/mol. The Bertz CT molecular complexity index is 1150. The van der Waals surface area contributed by atoms with Crippen LogP contribution in [0.25, 0.3) is 5.65 Å². The highest BCUT2D eigenvalue weighted by Gasteiger charge is 2.26. The Balaban J connectivity index is 1.86. The zero-order valence-corrected chi connectivity index (χ0v) is 18.1. The van der Waals surface area contributed by atoms with Crippen molar-refractivity contribution < 1.29 is 4.79 Å². The molecule has 0 aliphatic heterocycles. The van der Waals surface area contributed by atoms with Gasteiger partial charge in [0, 0.05) is 11.9 Å². The van der Waals surface area contributed by atoms with Crippen LogP contribution in [0.15, 0.2) is 77.4 Å². The summed E-state index contributed by atoms with van der Waals surface area (Å²) >= 11 is 3.60. The van der Waals surface area contributed by atoms with Gasteiger partial charge in [-0.3, -0.25) is 9.20 Å². The van der Waals surface area contributed by atoms with Gasteiger partial charge in [0.25, 0.3) is 5.91 Å². The molecule has 0 N–H and O–H groups in total. The number of anilines is 1. The Kier molecular flexibility index (Phi) is 5.49. The average Bonchev–Trinajstić information content (AvgIpc) is 3.12. The molecule has 1 amide bonds. The van der Waals surface area contributed by atoms with E-state index in [1.807, 2.05) is 96.1 Å². The number of imidazole rings is 1. The lowest BCUT2D eigenvalue weighted by atomic mass is 10.1. The molecule has 0 saturated heterocycles. The van der Waals surface area contributed by atoms with Crippen molar-refractivity contribution in [3.63, 3.8) is 0 Å². The zero-order valence-electron chi connectivity index (χ0n) is 16.5. The third-order valence-corrected chi connectivity index (χ3v) is 5.50. The smallest absolute Gasteiger partial charge is 0.277 e. The summed E-state index contributed by atoms with van der Waals surface area (Å²) in [6, 6.07) is 21.9. The maximum atomic E-state index is 13.9. The molecule has 29 heavy (non-hydrogen) atoms. The summed E-state index contributed by atoms with van der Waals surface area (Å²) in [4.78, 5) is 20.4. The van der Waals surface area contributed by atoms with Crippen molar-refractivity contribution in [2.75, 3.05) is 4.90 Å². The van der Waals surface area contributed by atoms with E-state index in [1.165, 1.54) is 0 Å². The summed E-state index contributed by atoms with van der Waals surface area (Å²) in [6.07, 6.45) is 2.66. The van der Waals surface area contributed by atoms with Gasteiger partial charge in [-0.05, 0) is 58.6 Å². The predicted molar refractivity (Wildman–Crippen MR) is 120 cm³/mol. The highest BCUT2D eigenvalue weighted by atomic mass is 79.9. The lowest BCUT2D eigenvalue weighted by Gasteiger charge is -2.23. The number of aromatic nitrogens is 2. The molecule has 4 nitrogen and oxygen atoms in total. The highest BCUT2D eigenvalue weighted by molar-refractivity contribution is 9.10. The van der Waals surface area contributed by atoms with E-state index in [2.05, 4.69) is 15.9 Å². The van der Waals surface area contributed by atoms with Crippen LogP contribution in [0.3, 0.4) is 0 Å². The maximum absolute atomic E-state index is 13.9. The quantitative estimate of drug-likeness (QED) is 0.386. The first-order valence-electron chi connectivity index (χ1n) is 9.66. The Labute approximate surface area is 178 Å². The van der Waals surface area contributed by atoms with Crippen LogP contribution < -0.4 is 4.90 Å². The summed E-state index contributed by atoms with van der Waals surface area (Å²) < 4.78 is 2.81. The van der Waals surface area contributed by atoms with Crippen molar-refractivity contribution in [1.29, 1.82) is 0 Å². The zero-order chi connectivity index (χ0) is 20.4. The van der Waals surface area contributed by atoms with Gasteiger partial charge in [-0.15, -0.1) is 0 Å². The first-order valence-corrected chi connectivity index (χ1v) is 10.5. The predicted octanol–water partition coefficient (Wildman–Crippen LogP) is 5.81. The molecule has 0 aliphatic carbocycles. The number of hydrogen-bond donors (Lipinski definition) is 0. The van der Waals surface area contributed by atoms with Gasteiger partial charge in [0.15, 0.2) is 5.65 Å². The van der Waals surface area contributed by atoms with Gasteiger partial charge in [-0.25, -0.2) is 4.98 Å². The number of fused-ring (bicyclic) bond motifs is 1. The van der Waals surface area contributed by atoms with Crippen molar-refractivity contribution in [2.24, 2.45) is 0 Å². The van der Waals surface area contributed by atoms with Crippen molar-refractivity contribution in [3.05, 3.63) is 99.9 Å². The van der Waals surface area contributed by atoms with Crippen LogP contribution in [0.5, 0.6) is 0 Å². The molecule has 4 rings (SSSR count). The summed E-state index contributed by atoms with van der Waals surface area (Å²) in [5.74, 6) is -0.0538. The van der Waals surface area contributed by atoms with Crippen LogP contribution in [0.1, 0.15) is 34.2 Å². The van der Waals surface area contributed by atoms with Crippen LogP contribution in [0.2, 0.25) is 0 Å². The molecule has 5 heteroatoms. The maximum Gasteiger partial charge on any atom is 0.277 e. The molecule has 0 fully saturated rings. The van der Waals surface area contributed by atoms with E-state index < -0.39 is 0 Å². The van der Waals surface area contributed by atoms with E-state index in [-0.39, 0.29) is 5.91 Å². The molecule has 0 unspecified atom stereocenters. The highest BCUT2D eigenvalue weighted by Crippen LogP contribution is 2.26. The van der Waals surface area contributed by atoms with Gasteiger partial charge in [0.1, 0.15) is 5.69 Å². The number of nitrogens with zero attached hydrogens (tertiary/aromatic N) is 3. The number of carbonyl (C=O) groups excluding carboxylic acids is 1. The van der Waals surface area contributed by atoms with Gasteiger partial charge in [0.2, 0.25) is 0 Å². The minimum absolute atomic E-state index is 0.0538. The van der Waals surface area contributed by atoms with E-state index in [1.54, 1.807) is 0 Å². The largest absolute Gasteiger partial charge is 0.303 e. The third-order valence-electron chi connectivity index (χ3n) is 4.92. The molecule has 4 aromatic rings. The second kappa shape index (κ2) is 8.21. The number of benzene rings is 2. The number of pyridine rings is 1. The molecule has 0 radical (unpaired) electrons. The van der Waals surface area contributed by atoms with Crippen LogP contribution in [0, 0.1) is 6.92 Å². The molecular formula is C24H22BrN3O. The number of hydrogen-bond acceptors (Lipinski definition) is 2. The second-order valence-corrected chi connectivity index (χ2v) is 7.89. The summed E-state index contributed by atoms with van der Waals surface area (Å²) in [5, 5.41) is 0. The number of rotatable bonds is 5. The van der Waals surface area contributed by atoms with Crippen LogP contribution in [-0.4, -0.2) is 15.3 Å². The number of para-hydroxylation sites is 1. The Morgan fingerprint density at radius 1 is 1.07 bits per heavy atom. The number of halogens is 1. The van der Waals surface area contributed by atoms with Gasteiger partial charge < -0.3 is 4.90 Å². The van der Waals surface area contributed by atoms with Gasteiger partial charge >= 0.3 is 0 Å². The van der Waals surface area contributed by atoms with E-state index in [4.69, 9.17) is 4.98 Å². The van der Waals surface area contributed by atoms with E-state index in [0.29, 0.717) is 18.7 Å². The van der Waals surface area contributed by atoms with Gasteiger partial charge in [-0.2, -0.15) is 0 Å². The Morgan fingerprint density at radius 3 is 2.38 bits per heavy atom. The van der Waals surface area contributed by atoms with Crippen molar-refractivity contribution >= 4 is 33.2 Å². The number of amides is 1. The molecule has 0 bridgehead atoms. The van der Waals surface area contributed by atoms with Crippen molar-refractivity contribution in [2.45, 2.75) is 26.8 Å². The van der Waals surface area contributed by atoms with Gasteiger partial charge in [-0.1, -0.05) is 55.5 Å². The fraction of sp³-hybridized carbons (Fsp3) is 0.167. The molecule has 2 aromatic heterocycles. The standard InChI is InChI=1S/C24H22BrN3O/c1-3-21-22(28-15-17(2)14-20(25)23(28)26-21)24(29)27(19-12-8-5-9-13-19)16-18-10-6-4-7-11-18/h4-15H,3,16H2,1-2H3. The first-order chi connectivity index (χ1) is 14.1. The number of carbonyl (C=O) groups is 1. The molecule has 0 saturated carbocycles. The molecule has 0 spiro atoms. The first kappa shape index (κ1) is 19.4.